The summed E-state index contributed by atoms with van der Waals surface area (Å²) in [5, 5.41) is 3.63. The van der Waals surface area contributed by atoms with Crippen molar-refractivity contribution in [2.75, 3.05) is 18.4 Å². The summed E-state index contributed by atoms with van der Waals surface area (Å²) in [4.78, 5) is 38.1. The van der Waals surface area contributed by atoms with Gasteiger partial charge in [-0.2, -0.15) is 0 Å². The summed E-state index contributed by atoms with van der Waals surface area (Å²) < 4.78 is 14.0. The number of nitrogens with one attached hydrogen (secondary N) is 1. The number of halogens is 2. The lowest BCUT2D eigenvalue weighted by molar-refractivity contribution is -0.116. The zero-order chi connectivity index (χ0) is 21.8. The molecule has 0 aliphatic heterocycles. The monoisotopic (exact) mass is 447 g/mol. The molecule has 3 aromatic rings. The molecule has 6 nitrogen and oxygen atoms in total. The molecule has 1 aromatic heterocycles. The number of amides is 3. The largest absolute Gasteiger partial charge is 0.366 e. The van der Waals surface area contributed by atoms with E-state index in [0.717, 1.165) is 11.3 Å². The lowest BCUT2D eigenvalue weighted by atomic mass is 10.2. The van der Waals surface area contributed by atoms with Crippen LogP contribution in [0.15, 0.2) is 42.5 Å². The number of thiophene rings is 1. The van der Waals surface area contributed by atoms with Crippen molar-refractivity contribution in [3.63, 3.8) is 0 Å². The van der Waals surface area contributed by atoms with E-state index in [1.807, 2.05) is 0 Å². The molecule has 0 unspecified atom stereocenters. The van der Waals surface area contributed by atoms with Crippen LogP contribution in [0.4, 0.5) is 10.1 Å². The third-order valence-corrected chi connectivity index (χ3v) is 6.16. The van der Waals surface area contributed by atoms with Crippen LogP contribution in [0.1, 0.15) is 33.4 Å². The minimum Gasteiger partial charge on any atom is -0.366 e. The van der Waals surface area contributed by atoms with Gasteiger partial charge in [0.05, 0.1) is 5.02 Å². The molecule has 0 aliphatic rings. The third kappa shape index (κ3) is 4.77. The first-order valence-corrected chi connectivity index (χ1v) is 10.4. The van der Waals surface area contributed by atoms with Gasteiger partial charge in [0.2, 0.25) is 11.8 Å². The highest BCUT2D eigenvalue weighted by Gasteiger charge is 2.22. The standard InChI is InChI=1S/C21H19ClFN3O3S/c1-2-26(10-9-17(27)25-14-6-3-12(4-7-14)20(24)28)21(29)19-18(22)15-8-5-13(23)11-16(15)30-19/h3-8,11H,2,9-10H2,1H3,(H2,24,28)(H,25,27). The highest BCUT2D eigenvalue weighted by atomic mass is 35.5. The Morgan fingerprint density at radius 3 is 2.50 bits per heavy atom. The topological polar surface area (TPSA) is 92.5 Å². The number of nitrogens with zero attached hydrogens (tertiary/aromatic N) is 1. The van der Waals surface area contributed by atoms with E-state index in [0.29, 0.717) is 32.8 Å². The smallest absolute Gasteiger partial charge is 0.265 e. The van der Waals surface area contributed by atoms with Crippen molar-refractivity contribution < 1.29 is 18.8 Å². The van der Waals surface area contributed by atoms with Gasteiger partial charge in [0.15, 0.2) is 0 Å². The molecule has 3 N–H and O–H groups in total. The van der Waals surface area contributed by atoms with Crippen LogP contribution < -0.4 is 11.1 Å². The molecule has 0 fully saturated rings. The first-order chi connectivity index (χ1) is 14.3. The first kappa shape index (κ1) is 21.7. The predicted molar refractivity (Wildman–Crippen MR) is 117 cm³/mol. The van der Waals surface area contributed by atoms with Crippen LogP contribution in [0.5, 0.6) is 0 Å². The number of anilines is 1. The summed E-state index contributed by atoms with van der Waals surface area (Å²) in [5.41, 5.74) is 6.05. The second-order valence-electron chi connectivity index (χ2n) is 6.51. The highest BCUT2D eigenvalue weighted by molar-refractivity contribution is 7.21. The van der Waals surface area contributed by atoms with Gasteiger partial charge in [-0.25, -0.2) is 4.39 Å². The van der Waals surface area contributed by atoms with E-state index in [-0.39, 0.29) is 29.8 Å². The average molecular weight is 448 g/mol. The van der Waals surface area contributed by atoms with Crippen LogP contribution in [0, 0.1) is 5.82 Å². The van der Waals surface area contributed by atoms with Gasteiger partial charge >= 0.3 is 0 Å². The molecule has 1 heterocycles. The van der Waals surface area contributed by atoms with E-state index >= 15 is 0 Å². The average Bonchev–Trinajstić information content (AvgIpc) is 3.04. The molecule has 0 aliphatic carbocycles. The van der Waals surface area contributed by atoms with E-state index in [9.17, 15) is 18.8 Å². The molecule has 0 radical (unpaired) electrons. The quantitative estimate of drug-likeness (QED) is 0.566. The minimum absolute atomic E-state index is 0.0777. The zero-order valence-electron chi connectivity index (χ0n) is 16.1. The number of hydrogen-bond acceptors (Lipinski definition) is 4. The zero-order valence-corrected chi connectivity index (χ0v) is 17.6. The number of rotatable bonds is 7. The summed E-state index contributed by atoms with van der Waals surface area (Å²) in [5.74, 6) is -1.53. The van der Waals surface area contributed by atoms with Crippen LogP contribution in [0.2, 0.25) is 5.02 Å². The van der Waals surface area contributed by atoms with Crippen LogP contribution in [0.3, 0.4) is 0 Å². The van der Waals surface area contributed by atoms with Crippen molar-refractivity contribution in [1.82, 2.24) is 4.90 Å². The maximum atomic E-state index is 13.5. The summed E-state index contributed by atoms with van der Waals surface area (Å²) in [6.07, 6.45) is 0.0777. The molecule has 3 amide bonds. The molecule has 30 heavy (non-hydrogen) atoms. The van der Waals surface area contributed by atoms with Gasteiger partial charge in [0.25, 0.3) is 5.91 Å². The van der Waals surface area contributed by atoms with E-state index in [4.69, 9.17) is 17.3 Å². The third-order valence-electron chi connectivity index (χ3n) is 4.52. The molecule has 9 heteroatoms. The van der Waals surface area contributed by atoms with Gasteiger partial charge in [0, 0.05) is 40.8 Å². The predicted octanol–water partition coefficient (Wildman–Crippen LogP) is 4.28. The molecule has 0 saturated heterocycles. The Hall–Kier alpha value is -2.97. The van der Waals surface area contributed by atoms with E-state index in [1.165, 1.54) is 29.2 Å². The molecular formula is C21H19ClFN3O3S. The van der Waals surface area contributed by atoms with Gasteiger partial charge in [-0.1, -0.05) is 11.6 Å². The Morgan fingerprint density at radius 1 is 1.17 bits per heavy atom. The van der Waals surface area contributed by atoms with Gasteiger partial charge in [-0.15, -0.1) is 11.3 Å². The Balaban J connectivity index is 1.65. The SMILES string of the molecule is CCN(CCC(=O)Nc1ccc(C(N)=O)cc1)C(=O)c1sc2cc(F)ccc2c1Cl. The van der Waals surface area contributed by atoms with E-state index in [1.54, 1.807) is 25.1 Å². The molecule has 0 atom stereocenters. The number of fused-ring (bicyclic) bond motifs is 1. The number of carbonyl (C=O) groups is 3. The van der Waals surface area contributed by atoms with Gasteiger partial charge in [0.1, 0.15) is 10.7 Å². The Bertz CT molecular complexity index is 1110. The van der Waals surface area contributed by atoms with Crippen molar-refractivity contribution in [1.29, 1.82) is 0 Å². The van der Waals surface area contributed by atoms with Gasteiger partial charge in [-0.3, -0.25) is 14.4 Å². The molecule has 3 rings (SSSR count). The summed E-state index contributed by atoms with van der Waals surface area (Å²) in [6.45, 7) is 2.39. The summed E-state index contributed by atoms with van der Waals surface area (Å²) >= 11 is 7.47. The van der Waals surface area contributed by atoms with Crippen molar-refractivity contribution in [2.45, 2.75) is 13.3 Å². The maximum absolute atomic E-state index is 13.5. The molecule has 0 bridgehead atoms. The Labute approximate surface area is 181 Å². The number of hydrogen-bond donors (Lipinski definition) is 2. The van der Waals surface area contributed by atoms with Crippen molar-refractivity contribution in [3.05, 3.63) is 63.7 Å². The van der Waals surface area contributed by atoms with E-state index < -0.39 is 11.7 Å². The number of carbonyl (C=O) groups excluding carboxylic acids is 3. The molecule has 0 saturated carbocycles. The Morgan fingerprint density at radius 2 is 1.87 bits per heavy atom. The fraction of sp³-hybridized carbons (Fsp3) is 0.190. The molecule has 156 valence electrons. The number of nitrogens with two attached hydrogens (primary N) is 1. The number of primary amides is 1. The second kappa shape index (κ2) is 9.23. The fourth-order valence-electron chi connectivity index (χ4n) is 2.90. The van der Waals surface area contributed by atoms with Crippen molar-refractivity contribution >= 4 is 56.4 Å². The number of benzene rings is 2. The molecule has 2 aromatic carbocycles. The maximum Gasteiger partial charge on any atom is 0.265 e. The van der Waals surface area contributed by atoms with Gasteiger partial charge < -0.3 is 16.0 Å². The van der Waals surface area contributed by atoms with Crippen LogP contribution >= 0.6 is 22.9 Å². The van der Waals surface area contributed by atoms with Crippen molar-refractivity contribution in [3.8, 4) is 0 Å². The van der Waals surface area contributed by atoms with Gasteiger partial charge in [-0.05, 0) is 49.4 Å². The second-order valence-corrected chi connectivity index (χ2v) is 7.94. The van der Waals surface area contributed by atoms with Crippen LogP contribution in [-0.4, -0.2) is 35.7 Å². The lowest BCUT2D eigenvalue weighted by Crippen LogP contribution is -2.33. The fourth-order valence-corrected chi connectivity index (χ4v) is 4.41. The molecular weight excluding hydrogens is 429 g/mol. The summed E-state index contributed by atoms with van der Waals surface area (Å²) in [7, 11) is 0. The van der Waals surface area contributed by atoms with Crippen LogP contribution in [-0.2, 0) is 4.79 Å². The lowest BCUT2D eigenvalue weighted by Gasteiger charge is -2.20. The van der Waals surface area contributed by atoms with Crippen LogP contribution in [0.25, 0.3) is 10.1 Å². The normalized spacial score (nSPS) is 10.8. The van der Waals surface area contributed by atoms with Crippen molar-refractivity contribution in [2.24, 2.45) is 5.73 Å². The summed E-state index contributed by atoms with van der Waals surface area (Å²) in [6, 6.07) is 10.4. The molecule has 0 spiro atoms. The van der Waals surface area contributed by atoms with E-state index in [2.05, 4.69) is 5.32 Å². The Kier molecular flexibility index (Phi) is 6.69. The highest BCUT2D eigenvalue weighted by Crippen LogP contribution is 2.36. The minimum atomic E-state index is -0.549. The first-order valence-electron chi connectivity index (χ1n) is 9.16.